The molecular formula is C23H24N6O4. The van der Waals surface area contributed by atoms with E-state index < -0.39 is 17.9 Å². The van der Waals surface area contributed by atoms with Crippen molar-refractivity contribution in [2.45, 2.75) is 31.4 Å². The Balaban J connectivity index is 1.23. The minimum atomic E-state index is -0.740. The molecule has 5 rings (SSSR count). The molecule has 0 bridgehead atoms. The van der Waals surface area contributed by atoms with E-state index in [4.69, 9.17) is 9.15 Å². The number of carbonyl (C=O) groups excluding carboxylic acids is 1. The first-order chi connectivity index (χ1) is 16.0. The number of hydrogen-bond acceptors (Lipinski definition) is 8. The predicted molar refractivity (Wildman–Crippen MR) is 118 cm³/mol. The number of nitrogens with one attached hydrogen (secondary N) is 2. The highest BCUT2D eigenvalue weighted by atomic mass is 16.5. The Bertz CT molecular complexity index is 1290. The summed E-state index contributed by atoms with van der Waals surface area (Å²) in [4.78, 5) is 24.3. The normalized spacial score (nSPS) is 20.2. The number of benzene rings is 1. The summed E-state index contributed by atoms with van der Waals surface area (Å²) in [5.41, 5.74) is 3.35. The first kappa shape index (κ1) is 21.3. The number of carbonyl (C=O) groups is 1. The van der Waals surface area contributed by atoms with E-state index in [1.807, 2.05) is 6.07 Å². The van der Waals surface area contributed by atoms with Crippen molar-refractivity contribution in [3.8, 4) is 17.3 Å². The van der Waals surface area contributed by atoms with Gasteiger partial charge in [0.2, 0.25) is 0 Å². The molecule has 2 aliphatic rings. The van der Waals surface area contributed by atoms with Gasteiger partial charge in [-0.3, -0.25) is 9.36 Å². The third-order valence-corrected chi connectivity index (χ3v) is 6.36. The van der Waals surface area contributed by atoms with Gasteiger partial charge in [-0.05, 0) is 43.2 Å². The highest BCUT2D eigenvalue weighted by Crippen LogP contribution is 2.46. The summed E-state index contributed by atoms with van der Waals surface area (Å²) in [5.74, 6) is -0.722. The number of fused-ring (bicyclic) bond motifs is 1. The van der Waals surface area contributed by atoms with Gasteiger partial charge in [-0.2, -0.15) is 15.5 Å². The van der Waals surface area contributed by atoms with E-state index in [9.17, 15) is 14.9 Å². The lowest BCUT2D eigenvalue weighted by Gasteiger charge is -2.18. The zero-order chi connectivity index (χ0) is 23.0. The van der Waals surface area contributed by atoms with Crippen LogP contribution in [0, 0.1) is 16.7 Å². The maximum atomic E-state index is 12.6. The number of aryl methyl sites for hydroxylation is 1. The smallest absolute Gasteiger partial charge is 0.408 e. The van der Waals surface area contributed by atoms with E-state index in [1.54, 1.807) is 31.3 Å². The first-order valence-corrected chi connectivity index (χ1v) is 10.9. The summed E-state index contributed by atoms with van der Waals surface area (Å²) in [5, 5.41) is 24.1. The number of aromatic nitrogens is 3. The number of hydrogen-bond donors (Lipinski definition) is 2. The van der Waals surface area contributed by atoms with Crippen LogP contribution in [0.25, 0.3) is 22.4 Å². The summed E-state index contributed by atoms with van der Waals surface area (Å²) in [6, 6.07) is 10.3. The number of amides is 1. The fraction of sp³-hybridized carbons (Fsp3) is 0.435. The van der Waals surface area contributed by atoms with Crippen molar-refractivity contribution in [1.29, 1.82) is 5.26 Å². The van der Waals surface area contributed by atoms with E-state index in [0.29, 0.717) is 35.6 Å². The predicted octanol–water partition coefficient (Wildman–Crippen LogP) is 0.908. The van der Waals surface area contributed by atoms with E-state index in [1.165, 1.54) is 4.57 Å². The highest BCUT2D eigenvalue weighted by molar-refractivity contribution is 5.82. The SMILES string of the molecule is Cn1c(=O)oc2ccc(-c3ccc(C[C@@H](C#N)NC(=O)[C@@H]4CNCC5(CC5)CO4)nn3)cc21. The highest BCUT2D eigenvalue weighted by Gasteiger charge is 2.45. The standard InChI is InChI=1S/C23H24N6O4/c1-29-18-8-14(2-5-19(18)33-22(29)31)17-4-3-15(27-28-17)9-16(10-24)26-21(30)20-11-25-12-23(6-7-23)13-32-20/h2-5,8,16,20,25H,6-7,9,11-13H2,1H3,(H,26,30)/t16-,20-/m0/s1. The monoisotopic (exact) mass is 448 g/mol. The van der Waals surface area contributed by atoms with Crippen LogP contribution in [0.2, 0.25) is 0 Å². The fourth-order valence-electron chi connectivity index (χ4n) is 4.03. The molecule has 3 aromatic rings. The van der Waals surface area contributed by atoms with Gasteiger partial charge in [0, 0.05) is 37.5 Å². The largest absolute Gasteiger partial charge is 0.419 e. The van der Waals surface area contributed by atoms with Gasteiger partial charge >= 0.3 is 5.76 Å². The minimum Gasteiger partial charge on any atom is -0.408 e. The van der Waals surface area contributed by atoms with E-state index in [0.717, 1.165) is 24.9 Å². The number of oxazole rings is 1. The van der Waals surface area contributed by atoms with Crippen molar-refractivity contribution in [3.63, 3.8) is 0 Å². The lowest BCUT2D eigenvalue weighted by atomic mass is 10.1. The quantitative estimate of drug-likeness (QED) is 0.588. The fourth-order valence-corrected chi connectivity index (χ4v) is 4.03. The Kier molecular flexibility index (Phi) is 5.44. The lowest BCUT2D eigenvalue weighted by molar-refractivity contribution is -0.133. The number of nitrogens with zero attached hydrogens (tertiary/aromatic N) is 4. The van der Waals surface area contributed by atoms with Gasteiger partial charge in [-0.1, -0.05) is 0 Å². The summed E-state index contributed by atoms with van der Waals surface area (Å²) < 4.78 is 12.4. The maximum Gasteiger partial charge on any atom is 0.419 e. The van der Waals surface area contributed by atoms with Gasteiger partial charge in [0.1, 0.15) is 12.1 Å². The van der Waals surface area contributed by atoms with Crippen molar-refractivity contribution in [3.05, 3.63) is 46.6 Å². The van der Waals surface area contributed by atoms with Crippen LogP contribution in [0.4, 0.5) is 0 Å². The second-order valence-corrected chi connectivity index (χ2v) is 8.84. The molecule has 1 spiro atoms. The summed E-state index contributed by atoms with van der Waals surface area (Å²) in [6.45, 7) is 1.87. The van der Waals surface area contributed by atoms with Gasteiger partial charge in [0.15, 0.2) is 5.58 Å². The third-order valence-electron chi connectivity index (χ3n) is 6.36. The minimum absolute atomic E-state index is 0.192. The molecular weight excluding hydrogens is 424 g/mol. The molecule has 1 aliphatic heterocycles. The molecule has 1 aliphatic carbocycles. The van der Waals surface area contributed by atoms with E-state index in [2.05, 4.69) is 26.9 Å². The average molecular weight is 448 g/mol. The van der Waals surface area contributed by atoms with Crippen LogP contribution in [0.15, 0.2) is 39.5 Å². The number of ether oxygens (including phenoxy) is 1. The van der Waals surface area contributed by atoms with Gasteiger partial charge in [-0.25, -0.2) is 4.79 Å². The zero-order valence-electron chi connectivity index (χ0n) is 18.2. The van der Waals surface area contributed by atoms with Crippen molar-refractivity contribution in [1.82, 2.24) is 25.4 Å². The summed E-state index contributed by atoms with van der Waals surface area (Å²) in [7, 11) is 1.64. The van der Waals surface area contributed by atoms with E-state index in [-0.39, 0.29) is 17.7 Å². The first-order valence-electron chi connectivity index (χ1n) is 10.9. The zero-order valence-corrected chi connectivity index (χ0v) is 18.2. The molecule has 2 atom stereocenters. The Morgan fingerprint density at radius 2 is 2.21 bits per heavy atom. The molecule has 2 N–H and O–H groups in total. The van der Waals surface area contributed by atoms with Crippen LogP contribution in [-0.4, -0.2) is 52.5 Å². The molecule has 0 radical (unpaired) electrons. The second-order valence-electron chi connectivity index (χ2n) is 8.84. The van der Waals surface area contributed by atoms with Crippen LogP contribution in [-0.2, 0) is 23.0 Å². The average Bonchev–Trinajstić information content (AvgIpc) is 3.59. The molecule has 1 saturated heterocycles. The topological polar surface area (TPSA) is 135 Å². The number of rotatable bonds is 5. The third kappa shape index (κ3) is 4.37. The lowest BCUT2D eigenvalue weighted by Crippen LogP contribution is -2.46. The second kappa shape index (κ2) is 8.42. The Morgan fingerprint density at radius 1 is 1.36 bits per heavy atom. The van der Waals surface area contributed by atoms with Crippen LogP contribution in [0.3, 0.4) is 0 Å². The van der Waals surface area contributed by atoms with Crippen molar-refractivity contribution in [2.24, 2.45) is 12.5 Å². The van der Waals surface area contributed by atoms with Crippen molar-refractivity contribution in [2.75, 3.05) is 19.7 Å². The molecule has 10 nitrogen and oxygen atoms in total. The van der Waals surface area contributed by atoms with Crippen molar-refractivity contribution >= 4 is 17.0 Å². The van der Waals surface area contributed by atoms with Crippen molar-refractivity contribution < 1.29 is 13.9 Å². The van der Waals surface area contributed by atoms with Gasteiger partial charge in [0.05, 0.1) is 29.6 Å². The molecule has 1 amide bonds. The van der Waals surface area contributed by atoms with Crippen LogP contribution in [0.1, 0.15) is 18.5 Å². The maximum absolute atomic E-state index is 12.6. The molecule has 0 unspecified atom stereocenters. The molecule has 10 heteroatoms. The molecule has 1 saturated carbocycles. The molecule has 3 heterocycles. The summed E-state index contributed by atoms with van der Waals surface area (Å²) >= 11 is 0. The number of nitriles is 1. The van der Waals surface area contributed by atoms with Crippen LogP contribution >= 0.6 is 0 Å². The van der Waals surface area contributed by atoms with E-state index >= 15 is 0 Å². The molecule has 33 heavy (non-hydrogen) atoms. The van der Waals surface area contributed by atoms with Gasteiger partial charge in [0.25, 0.3) is 5.91 Å². The Hall–Kier alpha value is -3.55. The molecule has 2 fully saturated rings. The van der Waals surface area contributed by atoms with Crippen LogP contribution in [0.5, 0.6) is 0 Å². The molecule has 2 aromatic heterocycles. The van der Waals surface area contributed by atoms with Gasteiger partial charge < -0.3 is 19.8 Å². The van der Waals surface area contributed by atoms with Crippen LogP contribution < -0.4 is 16.4 Å². The summed E-state index contributed by atoms with van der Waals surface area (Å²) in [6.07, 6.45) is 1.87. The van der Waals surface area contributed by atoms with Gasteiger partial charge in [-0.15, -0.1) is 0 Å². The Labute approximate surface area is 189 Å². The Morgan fingerprint density at radius 3 is 2.94 bits per heavy atom. The molecule has 170 valence electrons. The molecule has 1 aromatic carbocycles.